The van der Waals surface area contributed by atoms with Crippen LogP contribution in [0, 0.1) is 0 Å². The van der Waals surface area contributed by atoms with E-state index in [1.54, 1.807) is 6.08 Å². The van der Waals surface area contributed by atoms with Crippen molar-refractivity contribution in [2.75, 3.05) is 13.2 Å². The molecule has 0 rings (SSSR count). The van der Waals surface area contributed by atoms with E-state index in [9.17, 15) is 19.8 Å². The van der Waals surface area contributed by atoms with Gasteiger partial charge in [0.25, 0.3) is 0 Å². The SMILES string of the molecule is CCCCCCCCCCCCCCCCCC/C=C/C(O)C(CO)NC(=O)CCCCCCCCCCCCCCCCCCCCCCCCCCCCCCCCCCOC(=O)CCCCCCCCCCCCCCCCC. The molecule has 3 N–H and O–H groups in total. The Balaban J connectivity index is 3.33. The molecule has 0 aliphatic carbocycles. The van der Waals surface area contributed by atoms with Gasteiger partial charge in [0.15, 0.2) is 0 Å². The molecule has 0 saturated carbocycles. The van der Waals surface area contributed by atoms with Gasteiger partial charge in [-0.05, 0) is 32.1 Å². The van der Waals surface area contributed by atoms with Crippen LogP contribution in [-0.2, 0) is 14.3 Å². The van der Waals surface area contributed by atoms with Crippen molar-refractivity contribution >= 4 is 11.9 Å². The van der Waals surface area contributed by atoms with Crippen LogP contribution in [0.1, 0.15) is 438 Å². The number of allylic oxidation sites excluding steroid dienone is 1. The van der Waals surface area contributed by atoms with Crippen LogP contribution in [0.25, 0.3) is 0 Å². The number of amides is 1. The first-order valence-electron chi connectivity index (χ1n) is 38.0. The molecule has 0 aromatic carbocycles. The van der Waals surface area contributed by atoms with Gasteiger partial charge < -0.3 is 20.3 Å². The molecule has 0 aliphatic heterocycles. The number of nitrogens with one attached hydrogen (secondary N) is 1. The van der Waals surface area contributed by atoms with Crippen molar-refractivity contribution < 1.29 is 24.5 Å². The monoisotopic (exact) mass is 1160 g/mol. The lowest BCUT2D eigenvalue weighted by Crippen LogP contribution is -2.45. The predicted octanol–water partition coefficient (Wildman–Crippen LogP) is 24.7. The lowest BCUT2D eigenvalue weighted by atomic mass is 10.0. The van der Waals surface area contributed by atoms with Crippen molar-refractivity contribution in [1.82, 2.24) is 5.32 Å². The molecule has 0 aromatic heterocycles. The summed E-state index contributed by atoms with van der Waals surface area (Å²) < 4.78 is 5.51. The fourth-order valence-corrected chi connectivity index (χ4v) is 12.3. The van der Waals surface area contributed by atoms with Gasteiger partial charge in [-0.2, -0.15) is 0 Å². The average Bonchev–Trinajstić information content (AvgIpc) is 3.48. The molecule has 488 valence electrons. The van der Waals surface area contributed by atoms with E-state index in [4.69, 9.17) is 4.74 Å². The van der Waals surface area contributed by atoms with E-state index < -0.39 is 12.1 Å². The standard InChI is InChI=1S/C76H149NO5/c1-3-5-7-9-11-13-15-17-19-20-37-41-44-48-52-56-60-64-68-74(79)73(72-78)77-75(80)69-65-61-57-53-49-45-42-38-35-33-31-29-27-25-23-21-22-24-26-28-30-32-34-36-39-43-47-51-55-59-63-67-71-82-76(81)70-66-62-58-54-50-46-40-18-16-14-12-10-8-6-4-2/h64,68,73-74,78-79H,3-63,65-67,69-72H2,1-2H3,(H,77,80)/b68-64+. The van der Waals surface area contributed by atoms with Crippen LogP contribution in [-0.4, -0.2) is 47.4 Å². The molecule has 6 heteroatoms. The maximum absolute atomic E-state index is 12.5. The number of esters is 1. The summed E-state index contributed by atoms with van der Waals surface area (Å²) >= 11 is 0. The van der Waals surface area contributed by atoms with E-state index >= 15 is 0 Å². The number of hydrogen-bond acceptors (Lipinski definition) is 5. The first-order chi connectivity index (χ1) is 40.5. The largest absolute Gasteiger partial charge is 0.466 e. The van der Waals surface area contributed by atoms with E-state index in [2.05, 4.69) is 19.2 Å². The van der Waals surface area contributed by atoms with Gasteiger partial charge in [-0.25, -0.2) is 0 Å². The molecule has 0 fully saturated rings. The minimum atomic E-state index is -0.841. The summed E-state index contributed by atoms with van der Waals surface area (Å²) in [5, 5.41) is 23.2. The summed E-state index contributed by atoms with van der Waals surface area (Å²) in [6.07, 6.45) is 90.4. The summed E-state index contributed by atoms with van der Waals surface area (Å²) in [6, 6.07) is -0.624. The molecular weight excluding hydrogens is 1010 g/mol. The fraction of sp³-hybridized carbons (Fsp3) is 0.947. The zero-order valence-corrected chi connectivity index (χ0v) is 56.0. The Labute approximate surface area is 514 Å². The first-order valence-corrected chi connectivity index (χ1v) is 38.0. The van der Waals surface area contributed by atoms with Crippen LogP contribution in [0.3, 0.4) is 0 Å². The maximum Gasteiger partial charge on any atom is 0.305 e. The van der Waals surface area contributed by atoms with Crippen molar-refractivity contribution in [1.29, 1.82) is 0 Å². The quantitative estimate of drug-likeness (QED) is 0.0320. The van der Waals surface area contributed by atoms with E-state index in [0.717, 1.165) is 38.5 Å². The predicted molar refractivity (Wildman–Crippen MR) is 361 cm³/mol. The number of ether oxygens (including phenoxy) is 1. The smallest absolute Gasteiger partial charge is 0.305 e. The molecule has 1 amide bonds. The molecule has 0 aromatic rings. The highest BCUT2D eigenvalue weighted by atomic mass is 16.5. The molecule has 0 saturated heterocycles. The Morgan fingerprint density at radius 1 is 0.329 bits per heavy atom. The van der Waals surface area contributed by atoms with Gasteiger partial charge in [-0.3, -0.25) is 9.59 Å². The molecule has 0 radical (unpaired) electrons. The van der Waals surface area contributed by atoms with Crippen molar-refractivity contribution in [3.63, 3.8) is 0 Å². The van der Waals surface area contributed by atoms with Crippen LogP contribution in [0.15, 0.2) is 12.2 Å². The normalized spacial score (nSPS) is 12.5. The fourth-order valence-electron chi connectivity index (χ4n) is 12.3. The van der Waals surface area contributed by atoms with Gasteiger partial charge >= 0.3 is 5.97 Å². The molecule has 2 unspecified atom stereocenters. The first kappa shape index (κ1) is 80.6. The van der Waals surface area contributed by atoms with Crippen molar-refractivity contribution in [2.45, 2.75) is 450 Å². The molecule has 0 bridgehead atoms. The van der Waals surface area contributed by atoms with E-state index in [-0.39, 0.29) is 18.5 Å². The van der Waals surface area contributed by atoms with E-state index in [1.165, 1.54) is 372 Å². The summed E-state index contributed by atoms with van der Waals surface area (Å²) in [7, 11) is 0. The summed E-state index contributed by atoms with van der Waals surface area (Å²) in [5.74, 6) is -0.0342. The van der Waals surface area contributed by atoms with Crippen molar-refractivity contribution in [2.24, 2.45) is 0 Å². The zero-order chi connectivity index (χ0) is 59.2. The third-order valence-corrected chi connectivity index (χ3v) is 18.1. The third-order valence-electron chi connectivity index (χ3n) is 18.1. The van der Waals surface area contributed by atoms with E-state index in [0.29, 0.717) is 19.4 Å². The Hall–Kier alpha value is -1.40. The molecule has 0 aliphatic rings. The highest BCUT2D eigenvalue weighted by Gasteiger charge is 2.18. The van der Waals surface area contributed by atoms with Gasteiger partial charge in [0.05, 0.1) is 25.4 Å². The summed E-state index contributed by atoms with van der Waals surface area (Å²) in [4.78, 5) is 24.6. The average molecular weight is 1160 g/mol. The van der Waals surface area contributed by atoms with Gasteiger partial charge in [0.2, 0.25) is 5.91 Å². The number of aliphatic hydroxyl groups excluding tert-OH is 2. The summed E-state index contributed by atoms with van der Waals surface area (Å²) in [6.45, 7) is 4.96. The Bertz CT molecular complexity index is 1240. The number of carbonyl (C=O) groups is 2. The van der Waals surface area contributed by atoms with Crippen LogP contribution >= 0.6 is 0 Å². The molecule has 0 spiro atoms. The molecular formula is C76H149NO5. The number of carbonyl (C=O) groups excluding carboxylic acids is 2. The van der Waals surface area contributed by atoms with Gasteiger partial charge in [0, 0.05) is 12.8 Å². The Kier molecular flexibility index (Phi) is 70.8. The minimum Gasteiger partial charge on any atom is -0.466 e. The second kappa shape index (κ2) is 72.1. The Morgan fingerprint density at radius 2 is 0.561 bits per heavy atom. The van der Waals surface area contributed by atoms with Crippen molar-refractivity contribution in [3.05, 3.63) is 12.2 Å². The number of unbranched alkanes of at least 4 members (excludes halogenated alkanes) is 61. The van der Waals surface area contributed by atoms with Gasteiger partial charge in [-0.15, -0.1) is 0 Å². The molecule has 0 heterocycles. The second-order valence-corrected chi connectivity index (χ2v) is 26.4. The van der Waals surface area contributed by atoms with Crippen molar-refractivity contribution in [3.8, 4) is 0 Å². The van der Waals surface area contributed by atoms with E-state index in [1.807, 2.05) is 6.08 Å². The lowest BCUT2D eigenvalue weighted by Gasteiger charge is -2.20. The zero-order valence-electron chi connectivity index (χ0n) is 56.0. The van der Waals surface area contributed by atoms with Crippen LogP contribution < -0.4 is 5.32 Å². The number of hydrogen-bond donors (Lipinski definition) is 3. The van der Waals surface area contributed by atoms with Crippen LogP contribution in [0.2, 0.25) is 0 Å². The lowest BCUT2D eigenvalue weighted by molar-refractivity contribution is -0.143. The maximum atomic E-state index is 12.5. The second-order valence-electron chi connectivity index (χ2n) is 26.4. The highest BCUT2D eigenvalue weighted by Crippen LogP contribution is 2.20. The highest BCUT2D eigenvalue weighted by molar-refractivity contribution is 5.76. The molecule has 2 atom stereocenters. The van der Waals surface area contributed by atoms with Crippen LogP contribution in [0.4, 0.5) is 0 Å². The number of rotatable bonds is 72. The minimum absolute atomic E-state index is 0.0249. The topological polar surface area (TPSA) is 95.9 Å². The van der Waals surface area contributed by atoms with Gasteiger partial charge in [0.1, 0.15) is 0 Å². The number of aliphatic hydroxyl groups is 2. The summed E-state index contributed by atoms with van der Waals surface area (Å²) in [5.41, 5.74) is 0. The molecule has 6 nitrogen and oxygen atoms in total. The van der Waals surface area contributed by atoms with Crippen LogP contribution in [0.5, 0.6) is 0 Å². The Morgan fingerprint density at radius 3 is 0.829 bits per heavy atom. The van der Waals surface area contributed by atoms with Gasteiger partial charge in [-0.1, -0.05) is 405 Å². The molecule has 82 heavy (non-hydrogen) atoms. The third kappa shape index (κ3) is 67.7.